The molecule has 1 aromatic rings. The summed E-state index contributed by atoms with van der Waals surface area (Å²) >= 11 is 0. The molecule has 0 amide bonds. The third-order valence-corrected chi connectivity index (χ3v) is 6.65. The summed E-state index contributed by atoms with van der Waals surface area (Å²) in [4.78, 5) is -0.132. The van der Waals surface area contributed by atoms with Gasteiger partial charge in [0.25, 0.3) is 0 Å². The Kier molecular flexibility index (Phi) is 6.87. The van der Waals surface area contributed by atoms with Gasteiger partial charge in [-0.05, 0) is 61.8 Å². The van der Waals surface area contributed by atoms with Gasteiger partial charge in [-0.2, -0.15) is 13.2 Å². The Hall–Kier alpha value is -1.38. The molecule has 0 aliphatic heterocycles. The summed E-state index contributed by atoms with van der Waals surface area (Å²) in [6, 6.07) is 3.59. The predicted octanol–water partition coefficient (Wildman–Crippen LogP) is 3.68. The zero-order chi connectivity index (χ0) is 19.4. The highest BCUT2D eigenvalue weighted by Gasteiger charge is 2.31. The van der Waals surface area contributed by atoms with Gasteiger partial charge in [0, 0.05) is 13.6 Å². The summed E-state index contributed by atoms with van der Waals surface area (Å²) in [6.07, 6.45) is 2.88. The molecule has 0 heterocycles. The highest BCUT2D eigenvalue weighted by Crippen LogP contribution is 2.32. The molecule has 1 N–H and O–H groups in total. The number of hydrogen-bond donors (Lipinski definition) is 1. The van der Waals surface area contributed by atoms with Gasteiger partial charge in [-0.3, -0.25) is 0 Å². The van der Waals surface area contributed by atoms with E-state index in [2.05, 4.69) is 0 Å². The molecule has 0 radical (unpaired) electrons. The van der Waals surface area contributed by atoms with Crippen molar-refractivity contribution >= 4 is 10.0 Å². The second-order valence-electron chi connectivity index (χ2n) is 6.70. The number of benzene rings is 1. The first kappa shape index (κ1) is 20.9. The fourth-order valence-electron chi connectivity index (χ4n) is 3.27. The van der Waals surface area contributed by atoms with Gasteiger partial charge in [0.15, 0.2) is 0 Å². The van der Waals surface area contributed by atoms with E-state index < -0.39 is 21.8 Å². The normalized spacial score (nSPS) is 22.2. The Morgan fingerprint density at radius 2 is 1.73 bits per heavy atom. The molecule has 1 saturated carbocycles. The van der Waals surface area contributed by atoms with Crippen molar-refractivity contribution < 1.29 is 26.7 Å². The van der Waals surface area contributed by atoms with Crippen LogP contribution in [0.2, 0.25) is 0 Å². The molecule has 8 heteroatoms. The Labute approximate surface area is 152 Å². The maximum Gasteiger partial charge on any atom is 0.416 e. The van der Waals surface area contributed by atoms with Crippen LogP contribution in [-0.4, -0.2) is 38.0 Å². The molecule has 0 saturated heterocycles. The number of allylic oxidation sites excluding steroid dienone is 1. The maximum absolute atomic E-state index is 12.6. The Balaban J connectivity index is 1.98. The summed E-state index contributed by atoms with van der Waals surface area (Å²) in [5.41, 5.74) is -0.867. The van der Waals surface area contributed by atoms with Gasteiger partial charge in [-0.15, -0.1) is 0 Å². The van der Waals surface area contributed by atoms with Gasteiger partial charge >= 0.3 is 6.18 Å². The minimum atomic E-state index is -4.49. The van der Waals surface area contributed by atoms with E-state index in [1.807, 2.05) is 6.08 Å². The third kappa shape index (κ3) is 5.31. The maximum atomic E-state index is 12.6. The van der Waals surface area contributed by atoms with Crippen LogP contribution in [0.15, 0.2) is 41.3 Å². The third-order valence-electron chi connectivity index (χ3n) is 4.81. The molecule has 1 aromatic carbocycles. The van der Waals surface area contributed by atoms with E-state index in [0.29, 0.717) is 12.5 Å². The lowest BCUT2D eigenvalue weighted by molar-refractivity contribution is -0.137. The van der Waals surface area contributed by atoms with Gasteiger partial charge in [-0.25, -0.2) is 12.7 Å². The highest BCUT2D eigenvalue weighted by molar-refractivity contribution is 7.89. The largest absolute Gasteiger partial charge is 0.416 e. The minimum Gasteiger partial charge on any atom is -0.392 e. The molecule has 1 fully saturated rings. The molecular formula is C18H24F3NO3S. The summed E-state index contributed by atoms with van der Waals surface area (Å²) < 4.78 is 64.2. The first-order chi connectivity index (χ1) is 12.1. The lowest BCUT2D eigenvalue weighted by atomic mass is 9.82. The number of aliphatic hydroxyl groups is 1. The van der Waals surface area contributed by atoms with Crippen molar-refractivity contribution in [2.75, 3.05) is 20.2 Å². The number of alkyl halides is 3. The van der Waals surface area contributed by atoms with Crippen LogP contribution < -0.4 is 0 Å². The molecule has 1 aliphatic rings. The van der Waals surface area contributed by atoms with E-state index in [0.717, 1.165) is 49.9 Å². The second kappa shape index (κ2) is 8.54. The standard InChI is InChI=1S/C18H24F3NO3S/c1-22(13-15-6-4-14(5-7-15)3-2-12-23)26(24,25)17-10-8-16(9-11-17)18(19,20)21/h2-3,8-11,14-15,23H,4-7,12-13H2,1H3/b3-2+. The highest BCUT2D eigenvalue weighted by atomic mass is 32.2. The van der Waals surface area contributed by atoms with E-state index in [1.165, 1.54) is 11.4 Å². The van der Waals surface area contributed by atoms with Crippen LogP contribution in [0.5, 0.6) is 0 Å². The Bertz CT molecular complexity index is 706. The Morgan fingerprint density at radius 1 is 1.15 bits per heavy atom. The predicted molar refractivity (Wildman–Crippen MR) is 92.9 cm³/mol. The number of hydrogen-bond acceptors (Lipinski definition) is 3. The fourth-order valence-corrected chi connectivity index (χ4v) is 4.52. The van der Waals surface area contributed by atoms with E-state index in [1.54, 1.807) is 6.08 Å². The van der Waals surface area contributed by atoms with Crippen LogP contribution in [0.1, 0.15) is 31.2 Å². The number of halogens is 3. The van der Waals surface area contributed by atoms with Crippen LogP contribution in [0, 0.1) is 11.8 Å². The van der Waals surface area contributed by atoms with Gasteiger partial charge in [0.1, 0.15) is 0 Å². The molecule has 2 rings (SSSR count). The molecule has 26 heavy (non-hydrogen) atoms. The molecule has 1 aliphatic carbocycles. The van der Waals surface area contributed by atoms with Crippen molar-refractivity contribution in [1.82, 2.24) is 4.31 Å². The van der Waals surface area contributed by atoms with E-state index >= 15 is 0 Å². The van der Waals surface area contributed by atoms with Gasteiger partial charge < -0.3 is 5.11 Å². The fraction of sp³-hybridized carbons (Fsp3) is 0.556. The van der Waals surface area contributed by atoms with E-state index in [-0.39, 0.29) is 17.4 Å². The van der Waals surface area contributed by atoms with Crippen LogP contribution >= 0.6 is 0 Å². The molecular weight excluding hydrogens is 367 g/mol. The summed E-state index contributed by atoms with van der Waals surface area (Å²) in [6.45, 7) is 0.369. The van der Waals surface area contributed by atoms with Crippen molar-refractivity contribution in [3.05, 3.63) is 42.0 Å². The van der Waals surface area contributed by atoms with Crippen LogP contribution in [0.4, 0.5) is 13.2 Å². The van der Waals surface area contributed by atoms with Crippen molar-refractivity contribution in [3.63, 3.8) is 0 Å². The number of sulfonamides is 1. The monoisotopic (exact) mass is 391 g/mol. The van der Waals surface area contributed by atoms with Gasteiger partial charge in [-0.1, -0.05) is 12.2 Å². The van der Waals surface area contributed by atoms with E-state index in [9.17, 15) is 21.6 Å². The number of rotatable bonds is 6. The minimum absolute atomic E-state index is 0.0219. The summed E-state index contributed by atoms with van der Waals surface area (Å²) in [5, 5.41) is 8.80. The SMILES string of the molecule is CN(CC1CCC(/C=C/CO)CC1)S(=O)(=O)c1ccc(C(F)(F)F)cc1. The van der Waals surface area contributed by atoms with Crippen LogP contribution in [0.25, 0.3) is 0 Å². The lowest BCUT2D eigenvalue weighted by Crippen LogP contribution is -2.33. The van der Waals surface area contributed by atoms with Crippen molar-refractivity contribution in [3.8, 4) is 0 Å². The molecule has 4 nitrogen and oxygen atoms in total. The smallest absolute Gasteiger partial charge is 0.392 e. The van der Waals surface area contributed by atoms with Gasteiger partial charge in [0.2, 0.25) is 10.0 Å². The molecule has 0 unspecified atom stereocenters. The average Bonchev–Trinajstić information content (AvgIpc) is 2.60. The Morgan fingerprint density at radius 3 is 2.23 bits per heavy atom. The molecule has 146 valence electrons. The first-order valence-corrected chi connectivity index (χ1v) is 9.99. The number of aliphatic hydroxyl groups excluding tert-OH is 1. The van der Waals surface area contributed by atoms with E-state index in [4.69, 9.17) is 5.11 Å². The van der Waals surface area contributed by atoms with Crippen molar-refractivity contribution in [2.24, 2.45) is 11.8 Å². The molecule has 0 spiro atoms. The lowest BCUT2D eigenvalue weighted by Gasteiger charge is -2.29. The van der Waals surface area contributed by atoms with Crippen molar-refractivity contribution in [1.29, 1.82) is 0 Å². The molecule has 0 aromatic heterocycles. The molecule has 0 atom stereocenters. The topological polar surface area (TPSA) is 57.6 Å². The summed E-state index contributed by atoms with van der Waals surface area (Å²) in [5.74, 6) is 0.637. The second-order valence-corrected chi connectivity index (χ2v) is 8.74. The van der Waals surface area contributed by atoms with Crippen LogP contribution in [-0.2, 0) is 16.2 Å². The molecule has 0 bridgehead atoms. The van der Waals surface area contributed by atoms with Crippen LogP contribution in [0.3, 0.4) is 0 Å². The number of nitrogens with zero attached hydrogens (tertiary/aromatic N) is 1. The zero-order valence-corrected chi connectivity index (χ0v) is 15.4. The van der Waals surface area contributed by atoms with Crippen molar-refractivity contribution in [2.45, 2.75) is 36.8 Å². The quantitative estimate of drug-likeness (QED) is 0.753. The first-order valence-electron chi connectivity index (χ1n) is 8.55. The summed E-state index contributed by atoms with van der Waals surface area (Å²) in [7, 11) is -2.35. The van der Waals surface area contributed by atoms with Gasteiger partial charge in [0.05, 0.1) is 17.1 Å². The average molecular weight is 391 g/mol. The zero-order valence-electron chi connectivity index (χ0n) is 14.6.